The van der Waals surface area contributed by atoms with Gasteiger partial charge in [-0.1, -0.05) is 18.0 Å². The Morgan fingerprint density at radius 2 is 2.12 bits per heavy atom. The summed E-state index contributed by atoms with van der Waals surface area (Å²) < 4.78 is 34.7. The summed E-state index contributed by atoms with van der Waals surface area (Å²) in [6.07, 6.45) is 3.56. The number of H-pyrrole nitrogens is 1. The normalized spacial score (nSPS) is 24.0. The number of primary amides is 1. The van der Waals surface area contributed by atoms with Crippen molar-refractivity contribution in [2.45, 2.75) is 49.2 Å². The Hall–Kier alpha value is -2.54. The number of hydrogen-bond acceptors (Lipinski definition) is 7. The third-order valence-corrected chi connectivity index (χ3v) is 8.59. The highest BCUT2D eigenvalue weighted by Gasteiger charge is 2.46. The van der Waals surface area contributed by atoms with Gasteiger partial charge in [0.25, 0.3) is 0 Å². The summed E-state index contributed by atoms with van der Waals surface area (Å²) in [5, 5.41) is 10.5. The maximum absolute atomic E-state index is 13.9. The van der Waals surface area contributed by atoms with Gasteiger partial charge in [0, 0.05) is 48.7 Å². The average Bonchev–Trinajstić information content (AvgIpc) is 3.30. The lowest BCUT2D eigenvalue weighted by molar-refractivity contribution is -0.136. The molecule has 0 radical (unpaired) electrons. The molecule has 2 aromatic rings. The number of aromatic nitrogens is 3. The number of benzene rings is 1. The van der Waals surface area contributed by atoms with Gasteiger partial charge >= 0.3 is 0 Å². The number of aromatic amines is 1. The number of sulfonamides is 1. The molecule has 13 heteroatoms. The van der Waals surface area contributed by atoms with E-state index >= 15 is 0 Å². The number of amides is 2. The van der Waals surface area contributed by atoms with Crippen LogP contribution in [0.5, 0.6) is 0 Å². The largest absolute Gasteiger partial charge is 0.384 e. The Morgan fingerprint density at radius 1 is 1.32 bits per heavy atom. The van der Waals surface area contributed by atoms with Gasteiger partial charge < -0.3 is 15.4 Å². The first-order valence-corrected chi connectivity index (χ1v) is 12.8. The molecule has 1 aromatic heterocycles. The Labute approximate surface area is 202 Å². The molecule has 3 N–H and O–H groups in total. The van der Waals surface area contributed by atoms with Crippen LogP contribution in [0.2, 0.25) is 5.02 Å². The average molecular weight is 511 g/mol. The third kappa shape index (κ3) is 4.95. The number of piperidine rings is 1. The molecule has 3 atom stereocenters. The summed E-state index contributed by atoms with van der Waals surface area (Å²) in [7, 11) is -2.54. The number of fused-ring (bicyclic) bond motifs is 2. The molecule has 2 aliphatic rings. The van der Waals surface area contributed by atoms with Crippen molar-refractivity contribution >= 4 is 33.4 Å². The first-order chi connectivity index (χ1) is 16.2. The van der Waals surface area contributed by atoms with Crippen LogP contribution in [0, 0.1) is 5.92 Å². The van der Waals surface area contributed by atoms with Gasteiger partial charge in [0.15, 0.2) is 0 Å². The van der Waals surface area contributed by atoms with Crippen molar-refractivity contribution in [1.29, 1.82) is 0 Å². The molecule has 3 heterocycles. The molecular weight excluding hydrogens is 484 g/mol. The second kappa shape index (κ2) is 9.98. The molecule has 2 saturated heterocycles. The number of carbonyl (C=O) groups excluding carboxylic acids is 2. The van der Waals surface area contributed by atoms with Crippen LogP contribution in [0.4, 0.5) is 0 Å². The zero-order valence-electron chi connectivity index (χ0n) is 18.7. The van der Waals surface area contributed by atoms with Crippen molar-refractivity contribution in [1.82, 2.24) is 24.6 Å². The fraction of sp³-hybridized carbons (Fsp3) is 0.524. The maximum Gasteiger partial charge on any atom is 0.248 e. The van der Waals surface area contributed by atoms with E-state index in [-0.39, 0.29) is 46.9 Å². The Bertz CT molecular complexity index is 1160. The third-order valence-electron chi connectivity index (χ3n) is 6.42. The SMILES string of the molecule is COCC1CN(Cc2cn[nH]n2)C(=O)CC2CCCC1N2S(=O)(=O)c1cc(Cl)cc(C(N)=O)c1. The number of hydrogen-bond donors (Lipinski definition) is 2. The zero-order chi connectivity index (χ0) is 24.5. The zero-order valence-corrected chi connectivity index (χ0v) is 20.3. The van der Waals surface area contributed by atoms with Crippen LogP contribution < -0.4 is 5.73 Å². The smallest absolute Gasteiger partial charge is 0.248 e. The second-order valence-electron chi connectivity index (χ2n) is 8.68. The summed E-state index contributed by atoms with van der Waals surface area (Å²) in [5.74, 6) is -1.21. The van der Waals surface area contributed by atoms with E-state index in [1.807, 2.05) is 0 Å². The lowest BCUT2D eigenvalue weighted by atomic mass is 9.86. The van der Waals surface area contributed by atoms with Crippen molar-refractivity contribution < 1.29 is 22.7 Å². The predicted molar refractivity (Wildman–Crippen MR) is 122 cm³/mol. The maximum atomic E-state index is 13.9. The van der Waals surface area contributed by atoms with Gasteiger partial charge in [0.2, 0.25) is 21.8 Å². The van der Waals surface area contributed by atoms with E-state index in [4.69, 9.17) is 22.1 Å². The summed E-state index contributed by atoms with van der Waals surface area (Å²) in [5.41, 5.74) is 6.01. The lowest BCUT2D eigenvalue weighted by Crippen LogP contribution is -2.59. The van der Waals surface area contributed by atoms with Crippen LogP contribution in [-0.4, -0.2) is 77.2 Å². The molecule has 0 saturated carbocycles. The number of carbonyl (C=O) groups is 2. The fourth-order valence-corrected chi connectivity index (χ4v) is 7.24. The minimum absolute atomic E-state index is 0.00610. The van der Waals surface area contributed by atoms with Crippen LogP contribution in [0.1, 0.15) is 41.7 Å². The highest BCUT2D eigenvalue weighted by molar-refractivity contribution is 7.89. The van der Waals surface area contributed by atoms with E-state index in [2.05, 4.69) is 15.4 Å². The first kappa shape index (κ1) is 24.6. The van der Waals surface area contributed by atoms with E-state index in [0.717, 1.165) is 6.42 Å². The van der Waals surface area contributed by atoms with Crippen LogP contribution in [0.3, 0.4) is 0 Å². The molecule has 2 aliphatic heterocycles. The second-order valence-corrected chi connectivity index (χ2v) is 11.0. The molecule has 2 bridgehead atoms. The summed E-state index contributed by atoms with van der Waals surface area (Å²) >= 11 is 6.12. The number of methoxy groups -OCH3 is 1. The number of rotatable bonds is 7. The summed E-state index contributed by atoms with van der Waals surface area (Å²) in [4.78, 5) is 26.6. The fourth-order valence-electron chi connectivity index (χ4n) is 4.94. The van der Waals surface area contributed by atoms with Crippen LogP contribution >= 0.6 is 11.6 Å². The predicted octanol–water partition coefficient (Wildman–Crippen LogP) is 1.16. The molecule has 0 spiro atoms. The van der Waals surface area contributed by atoms with Gasteiger partial charge in [-0.05, 0) is 31.0 Å². The quantitative estimate of drug-likeness (QED) is 0.567. The molecule has 34 heavy (non-hydrogen) atoms. The molecule has 2 fully saturated rings. The van der Waals surface area contributed by atoms with E-state index < -0.39 is 28.0 Å². The van der Waals surface area contributed by atoms with Gasteiger partial charge in [-0.3, -0.25) is 9.59 Å². The van der Waals surface area contributed by atoms with E-state index in [0.29, 0.717) is 25.1 Å². The summed E-state index contributed by atoms with van der Waals surface area (Å²) in [6.45, 7) is 0.858. The van der Waals surface area contributed by atoms with Gasteiger partial charge in [0.05, 0.1) is 24.2 Å². The Kier molecular flexibility index (Phi) is 7.22. The molecule has 4 rings (SSSR count). The van der Waals surface area contributed by atoms with Gasteiger partial charge in [-0.2, -0.15) is 19.7 Å². The van der Waals surface area contributed by atoms with Gasteiger partial charge in [0.1, 0.15) is 5.69 Å². The molecular formula is C21H27ClN6O5S. The molecule has 11 nitrogen and oxygen atoms in total. The molecule has 1 aromatic carbocycles. The summed E-state index contributed by atoms with van der Waals surface area (Å²) in [6, 6.07) is 2.94. The number of ether oxygens (including phenoxy) is 1. The molecule has 2 amide bonds. The highest BCUT2D eigenvalue weighted by Crippen LogP contribution is 2.38. The minimum Gasteiger partial charge on any atom is -0.384 e. The van der Waals surface area contributed by atoms with Crippen molar-refractivity contribution in [2.75, 3.05) is 20.3 Å². The van der Waals surface area contributed by atoms with E-state index in [1.54, 1.807) is 18.2 Å². The molecule has 184 valence electrons. The van der Waals surface area contributed by atoms with Crippen molar-refractivity contribution in [2.24, 2.45) is 11.7 Å². The highest BCUT2D eigenvalue weighted by atomic mass is 35.5. The standard InChI is InChI=1S/C21H27ClN6O5S/c1-33-12-14-10-27(11-16-9-24-26-25-16)20(29)8-17-3-2-4-19(14)28(17)34(31,32)18-6-13(21(23)30)5-15(22)7-18/h5-7,9,14,17,19H,2-4,8,10-12H2,1H3,(H2,23,30)(H,24,25,26). The van der Waals surface area contributed by atoms with Crippen LogP contribution in [0.15, 0.2) is 29.3 Å². The van der Waals surface area contributed by atoms with E-state index in [9.17, 15) is 18.0 Å². The van der Waals surface area contributed by atoms with Gasteiger partial charge in [-0.15, -0.1) is 0 Å². The Morgan fingerprint density at radius 3 is 2.79 bits per heavy atom. The molecule has 3 unspecified atom stereocenters. The topological polar surface area (TPSA) is 152 Å². The Balaban J connectivity index is 1.73. The van der Waals surface area contributed by atoms with Gasteiger partial charge in [-0.25, -0.2) is 8.42 Å². The van der Waals surface area contributed by atoms with Crippen LogP contribution in [0.25, 0.3) is 0 Å². The number of nitrogens with one attached hydrogen (secondary N) is 1. The molecule has 0 aliphatic carbocycles. The van der Waals surface area contributed by atoms with E-state index in [1.165, 1.54) is 22.5 Å². The number of halogens is 1. The monoisotopic (exact) mass is 510 g/mol. The lowest BCUT2D eigenvalue weighted by Gasteiger charge is -2.47. The van der Waals surface area contributed by atoms with Crippen molar-refractivity contribution in [3.63, 3.8) is 0 Å². The van der Waals surface area contributed by atoms with Crippen molar-refractivity contribution in [3.8, 4) is 0 Å². The number of nitrogens with zero attached hydrogens (tertiary/aromatic N) is 4. The number of nitrogens with two attached hydrogens (primary N) is 1. The minimum atomic E-state index is -4.09. The van der Waals surface area contributed by atoms with Crippen molar-refractivity contribution in [3.05, 3.63) is 40.7 Å². The van der Waals surface area contributed by atoms with Crippen LogP contribution in [-0.2, 0) is 26.1 Å². The first-order valence-electron chi connectivity index (χ1n) is 11.0.